The molecule has 6 nitrogen and oxygen atoms in total. The second kappa shape index (κ2) is 9.12. The van der Waals surface area contributed by atoms with Crippen LogP contribution in [0.1, 0.15) is 23.9 Å². The van der Waals surface area contributed by atoms with Crippen LogP contribution in [-0.4, -0.2) is 46.5 Å². The van der Waals surface area contributed by atoms with Crippen molar-refractivity contribution in [3.8, 4) is 0 Å². The highest BCUT2D eigenvalue weighted by atomic mass is 35.5. The zero-order valence-electron chi connectivity index (χ0n) is 15.0. The van der Waals surface area contributed by atoms with E-state index in [0.717, 1.165) is 25.5 Å². The molecule has 1 saturated heterocycles. The number of anilines is 1. The summed E-state index contributed by atoms with van der Waals surface area (Å²) in [6.45, 7) is 4.88. The van der Waals surface area contributed by atoms with E-state index in [-0.39, 0.29) is 30.2 Å². The number of rotatable bonds is 5. The second-order valence-corrected chi connectivity index (χ2v) is 6.36. The summed E-state index contributed by atoms with van der Waals surface area (Å²) in [6.07, 6.45) is 4.08. The molecule has 1 aliphatic rings. The molecule has 0 spiro atoms. The van der Waals surface area contributed by atoms with Crippen LogP contribution in [0, 0.1) is 12.7 Å². The van der Waals surface area contributed by atoms with Crippen molar-refractivity contribution < 1.29 is 9.18 Å². The standard InChI is InChI=1S/C18H24FN5O.ClH/c1-13-14(19)4-3-5-15(13)22-17(25)6-9-24-11-7-20-12-16(24)18-21-8-10-23(18)2;/h3-5,8,10,16,20H,6-7,9,11-12H2,1-2H3,(H,22,25);1H. The minimum absolute atomic E-state index is 0. The molecule has 0 radical (unpaired) electrons. The van der Waals surface area contributed by atoms with Crippen molar-refractivity contribution in [2.24, 2.45) is 7.05 Å². The number of nitrogens with one attached hydrogen (secondary N) is 2. The number of amides is 1. The van der Waals surface area contributed by atoms with Gasteiger partial charge in [-0.3, -0.25) is 9.69 Å². The van der Waals surface area contributed by atoms with E-state index in [4.69, 9.17) is 0 Å². The summed E-state index contributed by atoms with van der Waals surface area (Å²) in [4.78, 5) is 19.0. The van der Waals surface area contributed by atoms with Gasteiger partial charge in [-0.15, -0.1) is 12.4 Å². The molecule has 142 valence electrons. The summed E-state index contributed by atoms with van der Waals surface area (Å²) >= 11 is 0. The molecule has 0 bridgehead atoms. The maximum Gasteiger partial charge on any atom is 0.225 e. The van der Waals surface area contributed by atoms with Crippen LogP contribution in [0.15, 0.2) is 30.6 Å². The molecular weight excluding hydrogens is 357 g/mol. The number of hydrogen-bond donors (Lipinski definition) is 2. The van der Waals surface area contributed by atoms with Crippen molar-refractivity contribution in [2.45, 2.75) is 19.4 Å². The maximum atomic E-state index is 13.6. The molecular formula is C18H25ClFN5O. The quantitative estimate of drug-likeness (QED) is 0.834. The first kappa shape index (κ1) is 20.4. The highest BCUT2D eigenvalue weighted by molar-refractivity contribution is 5.91. The van der Waals surface area contributed by atoms with Crippen LogP contribution in [0.4, 0.5) is 10.1 Å². The summed E-state index contributed by atoms with van der Waals surface area (Å²) < 4.78 is 15.6. The zero-order valence-corrected chi connectivity index (χ0v) is 15.9. The van der Waals surface area contributed by atoms with Crippen LogP contribution in [0.3, 0.4) is 0 Å². The number of carbonyl (C=O) groups excluding carboxylic acids is 1. The SMILES string of the molecule is Cc1c(F)cccc1NC(=O)CCN1CCNCC1c1nccn1C.Cl. The third kappa shape index (κ3) is 4.60. The third-order valence-electron chi connectivity index (χ3n) is 4.68. The van der Waals surface area contributed by atoms with Crippen molar-refractivity contribution in [1.29, 1.82) is 0 Å². The Morgan fingerprint density at radius 1 is 1.46 bits per heavy atom. The minimum Gasteiger partial charge on any atom is -0.337 e. The highest BCUT2D eigenvalue weighted by Gasteiger charge is 2.26. The number of benzene rings is 1. The van der Waals surface area contributed by atoms with Crippen molar-refractivity contribution >= 4 is 24.0 Å². The van der Waals surface area contributed by atoms with Crippen molar-refractivity contribution in [3.63, 3.8) is 0 Å². The molecule has 1 unspecified atom stereocenters. The molecule has 1 aromatic carbocycles. The number of aromatic nitrogens is 2. The van der Waals surface area contributed by atoms with E-state index in [1.807, 2.05) is 17.8 Å². The third-order valence-corrected chi connectivity index (χ3v) is 4.68. The monoisotopic (exact) mass is 381 g/mol. The summed E-state index contributed by atoms with van der Waals surface area (Å²) in [6, 6.07) is 4.87. The topological polar surface area (TPSA) is 62.2 Å². The van der Waals surface area contributed by atoms with Crippen molar-refractivity contribution in [1.82, 2.24) is 19.8 Å². The van der Waals surface area contributed by atoms with Gasteiger partial charge in [0.2, 0.25) is 5.91 Å². The van der Waals surface area contributed by atoms with E-state index in [2.05, 4.69) is 20.5 Å². The van der Waals surface area contributed by atoms with Gasteiger partial charge in [0, 0.05) is 63.3 Å². The van der Waals surface area contributed by atoms with Crippen molar-refractivity contribution in [3.05, 3.63) is 47.8 Å². The van der Waals surface area contributed by atoms with E-state index >= 15 is 0 Å². The van der Waals surface area contributed by atoms with E-state index in [1.54, 1.807) is 25.3 Å². The Labute approximate surface area is 159 Å². The first-order chi connectivity index (χ1) is 12.1. The smallest absolute Gasteiger partial charge is 0.225 e. The number of aryl methyl sites for hydroxylation is 1. The van der Waals surface area contributed by atoms with Gasteiger partial charge in [-0.1, -0.05) is 6.07 Å². The molecule has 26 heavy (non-hydrogen) atoms. The van der Waals surface area contributed by atoms with E-state index < -0.39 is 0 Å². The summed E-state index contributed by atoms with van der Waals surface area (Å²) in [5.41, 5.74) is 0.995. The lowest BCUT2D eigenvalue weighted by molar-refractivity contribution is -0.116. The van der Waals surface area contributed by atoms with Crippen LogP contribution in [-0.2, 0) is 11.8 Å². The van der Waals surface area contributed by atoms with Crippen LogP contribution >= 0.6 is 12.4 Å². The molecule has 1 amide bonds. The number of piperazine rings is 1. The molecule has 1 aromatic heterocycles. The van der Waals surface area contributed by atoms with Gasteiger partial charge >= 0.3 is 0 Å². The number of carbonyl (C=O) groups is 1. The van der Waals surface area contributed by atoms with Gasteiger partial charge in [0.1, 0.15) is 11.6 Å². The average Bonchev–Trinajstić information content (AvgIpc) is 3.03. The van der Waals surface area contributed by atoms with Gasteiger partial charge in [0.15, 0.2) is 0 Å². The lowest BCUT2D eigenvalue weighted by Gasteiger charge is -2.35. The van der Waals surface area contributed by atoms with Gasteiger partial charge < -0.3 is 15.2 Å². The molecule has 3 rings (SSSR count). The molecule has 1 fully saturated rings. The number of halogens is 2. The average molecular weight is 382 g/mol. The van der Waals surface area contributed by atoms with E-state index in [0.29, 0.717) is 24.2 Å². The fraction of sp³-hybridized carbons (Fsp3) is 0.444. The highest BCUT2D eigenvalue weighted by Crippen LogP contribution is 2.21. The van der Waals surface area contributed by atoms with Crippen LogP contribution in [0.2, 0.25) is 0 Å². The number of nitrogens with zero attached hydrogens (tertiary/aromatic N) is 3. The van der Waals surface area contributed by atoms with E-state index in [1.165, 1.54) is 6.07 Å². The predicted octanol–water partition coefficient (Wildman–Crippen LogP) is 2.26. The fourth-order valence-electron chi connectivity index (χ4n) is 3.17. The Morgan fingerprint density at radius 3 is 3.00 bits per heavy atom. The molecule has 0 aliphatic carbocycles. The molecule has 1 aliphatic heterocycles. The van der Waals surface area contributed by atoms with Crippen LogP contribution in [0.25, 0.3) is 0 Å². The molecule has 0 saturated carbocycles. The van der Waals surface area contributed by atoms with E-state index in [9.17, 15) is 9.18 Å². The Hall–Kier alpha value is -1.96. The molecule has 8 heteroatoms. The minimum atomic E-state index is -0.310. The van der Waals surface area contributed by atoms with Crippen molar-refractivity contribution in [2.75, 3.05) is 31.5 Å². The summed E-state index contributed by atoms with van der Waals surface area (Å²) in [5, 5.41) is 6.19. The second-order valence-electron chi connectivity index (χ2n) is 6.36. The van der Waals surface area contributed by atoms with Crippen LogP contribution in [0.5, 0.6) is 0 Å². The Balaban J connectivity index is 0.00000243. The molecule has 2 heterocycles. The Bertz CT molecular complexity index is 751. The summed E-state index contributed by atoms with van der Waals surface area (Å²) in [5.74, 6) is 0.578. The normalized spacial score (nSPS) is 17.6. The Kier molecular flexibility index (Phi) is 7.14. The largest absolute Gasteiger partial charge is 0.337 e. The van der Waals surface area contributed by atoms with Gasteiger partial charge in [-0.05, 0) is 19.1 Å². The van der Waals surface area contributed by atoms with Gasteiger partial charge in [-0.25, -0.2) is 9.37 Å². The molecule has 2 N–H and O–H groups in total. The predicted molar refractivity (Wildman–Crippen MR) is 102 cm³/mol. The summed E-state index contributed by atoms with van der Waals surface area (Å²) in [7, 11) is 1.98. The maximum absolute atomic E-state index is 13.6. The lowest BCUT2D eigenvalue weighted by atomic mass is 10.1. The van der Waals surface area contributed by atoms with Gasteiger partial charge in [-0.2, -0.15) is 0 Å². The van der Waals surface area contributed by atoms with Gasteiger partial charge in [0.05, 0.1) is 6.04 Å². The number of imidazole rings is 1. The zero-order chi connectivity index (χ0) is 17.8. The number of hydrogen-bond acceptors (Lipinski definition) is 4. The molecule has 1 atom stereocenters. The van der Waals surface area contributed by atoms with Gasteiger partial charge in [0.25, 0.3) is 0 Å². The van der Waals surface area contributed by atoms with Crippen LogP contribution < -0.4 is 10.6 Å². The fourth-order valence-corrected chi connectivity index (χ4v) is 3.17. The first-order valence-electron chi connectivity index (χ1n) is 8.53. The molecule has 2 aromatic rings. The lowest BCUT2D eigenvalue weighted by Crippen LogP contribution is -2.47. The first-order valence-corrected chi connectivity index (χ1v) is 8.53. The Morgan fingerprint density at radius 2 is 2.27 bits per heavy atom.